The molecule has 4 aromatic rings. The molecule has 0 spiro atoms. The molecule has 134 valence electrons. The van der Waals surface area contributed by atoms with Crippen molar-refractivity contribution in [2.45, 2.75) is 20.5 Å². The molecule has 26 heavy (non-hydrogen) atoms. The third kappa shape index (κ3) is 4.12. The molecule has 0 saturated carbocycles. The van der Waals surface area contributed by atoms with Crippen molar-refractivity contribution in [3.63, 3.8) is 0 Å². The van der Waals surface area contributed by atoms with E-state index in [0.29, 0.717) is 34.6 Å². The predicted octanol–water partition coefficient (Wildman–Crippen LogP) is 4.20. The number of hydrogen-bond acceptors (Lipinski definition) is 5. The lowest BCUT2D eigenvalue weighted by Gasteiger charge is -2.04. The van der Waals surface area contributed by atoms with Crippen LogP contribution < -0.4 is 10.5 Å². The van der Waals surface area contributed by atoms with Gasteiger partial charge in [0, 0.05) is 24.0 Å². The van der Waals surface area contributed by atoms with E-state index in [-0.39, 0.29) is 0 Å². The fourth-order valence-electron chi connectivity index (χ4n) is 2.50. The van der Waals surface area contributed by atoms with E-state index >= 15 is 0 Å². The molecule has 7 heteroatoms. The van der Waals surface area contributed by atoms with Crippen LogP contribution >= 0.6 is 11.3 Å². The van der Waals surface area contributed by atoms with Gasteiger partial charge in [-0.25, -0.2) is 4.98 Å². The van der Waals surface area contributed by atoms with Gasteiger partial charge in [-0.2, -0.15) is 0 Å². The molecule has 0 atom stereocenters. The second-order valence-electron chi connectivity index (χ2n) is 5.57. The van der Waals surface area contributed by atoms with Gasteiger partial charge in [-0.15, -0.1) is 11.3 Å². The quantitative estimate of drug-likeness (QED) is 0.564. The van der Waals surface area contributed by atoms with Crippen molar-refractivity contribution in [1.29, 1.82) is 0 Å². The first kappa shape index (κ1) is 17.8. The number of amides is 1. The Balaban J connectivity index is 0.000000339. The van der Waals surface area contributed by atoms with Crippen molar-refractivity contribution in [3.8, 4) is 5.75 Å². The van der Waals surface area contributed by atoms with Crippen LogP contribution in [0.4, 0.5) is 0 Å². The number of aromatic amines is 1. The molecule has 6 nitrogen and oxygen atoms in total. The van der Waals surface area contributed by atoms with Crippen LogP contribution in [-0.2, 0) is 6.61 Å². The highest BCUT2D eigenvalue weighted by atomic mass is 32.1. The number of thiazole rings is 1. The van der Waals surface area contributed by atoms with Gasteiger partial charge < -0.3 is 19.9 Å². The standard InChI is InChI=1S/C15H14N2O3S.C4H5N/c1-8-14(15(16)18)12-5-10(3-4-13(12)20-8)19-7-11-6-17-9(2)21-11;1-2-4-5-3-1/h3-6H,7H2,1-2H3,(H2,16,18);1-5H. The fourth-order valence-corrected chi connectivity index (χ4v) is 3.21. The average molecular weight is 369 g/mol. The molecular formula is C19H19N3O3S. The van der Waals surface area contributed by atoms with Gasteiger partial charge in [-0.05, 0) is 44.2 Å². The minimum absolute atomic E-state index is 0.407. The highest BCUT2D eigenvalue weighted by Crippen LogP contribution is 2.29. The Kier molecular flexibility index (Phi) is 5.38. The summed E-state index contributed by atoms with van der Waals surface area (Å²) in [6.45, 7) is 4.12. The zero-order valence-electron chi connectivity index (χ0n) is 14.5. The van der Waals surface area contributed by atoms with E-state index in [1.54, 1.807) is 36.6 Å². The third-order valence-electron chi connectivity index (χ3n) is 3.63. The lowest BCUT2D eigenvalue weighted by atomic mass is 10.1. The van der Waals surface area contributed by atoms with E-state index in [1.165, 1.54) is 0 Å². The van der Waals surface area contributed by atoms with E-state index in [9.17, 15) is 4.79 Å². The monoisotopic (exact) mass is 369 g/mol. The smallest absolute Gasteiger partial charge is 0.252 e. The molecule has 0 unspecified atom stereocenters. The Bertz CT molecular complexity index is 985. The molecule has 0 aliphatic heterocycles. The summed E-state index contributed by atoms with van der Waals surface area (Å²) in [6, 6.07) is 9.26. The number of carbonyl (C=O) groups is 1. The minimum Gasteiger partial charge on any atom is -0.488 e. The topological polar surface area (TPSA) is 94.1 Å². The van der Waals surface area contributed by atoms with Gasteiger partial charge in [0.25, 0.3) is 5.91 Å². The molecule has 0 radical (unpaired) electrons. The van der Waals surface area contributed by atoms with Crippen LogP contribution in [0.1, 0.15) is 26.0 Å². The highest BCUT2D eigenvalue weighted by Gasteiger charge is 2.16. The van der Waals surface area contributed by atoms with Crippen LogP contribution in [0.3, 0.4) is 0 Å². The summed E-state index contributed by atoms with van der Waals surface area (Å²) in [6.07, 6.45) is 5.55. The Hall–Kier alpha value is -3.06. The van der Waals surface area contributed by atoms with Gasteiger partial charge in [-0.1, -0.05) is 0 Å². The summed E-state index contributed by atoms with van der Waals surface area (Å²) < 4.78 is 11.3. The highest BCUT2D eigenvalue weighted by molar-refractivity contribution is 7.11. The van der Waals surface area contributed by atoms with Gasteiger partial charge >= 0.3 is 0 Å². The number of rotatable bonds is 4. The van der Waals surface area contributed by atoms with E-state index in [1.807, 2.05) is 37.5 Å². The van der Waals surface area contributed by atoms with Crippen LogP contribution in [0, 0.1) is 13.8 Å². The molecular weight excluding hydrogens is 350 g/mol. The number of ether oxygens (including phenoxy) is 1. The maximum atomic E-state index is 11.5. The zero-order valence-corrected chi connectivity index (χ0v) is 15.3. The maximum absolute atomic E-state index is 11.5. The summed E-state index contributed by atoms with van der Waals surface area (Å²) in [5.41, 5.74) is 6.43. The Morgan fingerprint density at radius 2 is 2.08 bits per heavy atom. The molecule has 1 aromatic carbocycles. The third-order valence-corrected chi connectivity index (χ3v) is 4.51. The summed E-state index contributed by atoms with van der Waals surface area (Å²) in [5, 5.41) is 1.68. The Morgan fingerprint density at radius 3 is 2.65 bits per heavy atom. The lowest BCUT2D eigenvalue weighted by Crippen LogP contribution is -2.11. The van der Waals surface area contributed by atoms with Crippen LogP contribution in [0.5, 0.6) is 5.75 Å². The number of aromatic nitrogens is 2. The van der Waals surface area contributed by atoms with Crippen molar-refractivity contribution in [3.05, 3.63) is 70.1 Å². The van der Waals surface area contributed by atoms with Gasteiger partial charge in [0.15, 0.2) is 0 Å². The number of nitrogens with one attached hydrogen (secondary N) is 1. The number of nitrogens with two attached hydrogens (primary N) is 1. The van der Waals surface area contributed by atoms with Crippen LogP contribution in [0.2, 0.25) is 0 Å². The molecule has 0 saturated heterocycles. The molecule has 0 aliphatic carbocycles. The van der Waals surface area contributed by atoms with Gasteiger partial charge in [0.05, 0.1) is 15.4 Å². The molecule has 4 rings (SSSR count). The number of H-pyrrole nitrogens is 1. The van der Waals surface area contributed by atoms with Gasteiger partial charge in [0.1, 0.15) is 23.7 Å². The first-order valence-electron chi connectivity index (χ1n) is 7.99. The maximum Gasteiger partial charge on any atom is 0.252 e. The number of fused-ring (bicyclic) bond motifs is 1. The molecule has 3 aromatic heterocycles. The number of carbonyl (C=O) groups excluding carboxylic acids is 1. The Labute approximate surface area is 154 Å². The number of hydrogen-bond donors (Lipinski definition) is 2. The van der Waals surface area contributed by atoms with Crippen LogP contribution in [0.25, 0.3) is 11.0 Å². The predicted molar refractivity (Wildman–Crippen MR) is 101 cm³/mol. The molecule has 3 N–H and O–H groups in total. The second kappa shape index (κ2) is 7.88. The number of furan rings is 1. The van der Waals surface area contributed by atoms with Gasteiger partial charge in [-0.3, -0.25) is 4.79 Å². The first-order valence-corrected chi connectivity index (χ1v) is 8.81. The number of nitrogens with zero attached hydrogens (tertiary/aromatic N) is 1. The lowest BCUT2D eigenvalue weighted by molar-refractivity contribution is 0.1000. The SMILES string of the molecule is Cc1ncc(COc2ccc3oc(C)c(C(N)=O)c3c2)s1.c1cc[nH]c1. The largest absolute Gasteiger partial charge is 0.488 e. The van der Waals surface area contributed by atoms with Crippen LogP contribution in [0.15, 0.2) is 53.3 Å². The normalized spacial score (nSPS) is 10.4. The second-order valence-corrected chi connectivity index (χ2v) is 6.89. The molecule has 0 bridgehead atoms. The van der Waals surface area contributed by atoms with Crippen molar-refractivity contribution in [2.24, 2.45) is 5.73 Å². The zero-order chi connectivity index (χ0) is 18.5. The summed E-state index contributed by atoms with van der Waals surface area (Å²) >= 11 is 1.59. The molecule has 0 aliphatic rings. The summed E-state index contributed by atoms with van der Waals surface area (Å²) in [4.78, 5) is 19.6. The molecule has 3 heterocycles. The Morgan fingerprint density at radius 1 is 1.31 bits per heavy atom. The van der Waals surface area contributed by atoms with E-state index in [2.05, 4.69) is 9.97 Å². The van der Waals surface area contributed by atoms with E-state index in [0.717, 1.165) is 9.88 Å². The number of aryl methyl sites for hydroxylation is 2. The van der Waals surface area contributed by atoms with Crippen molar-refractivity contribution in [2.75, 3.05) is 0 Å². The van der Waals surface area contributed by atoms with E-state index in [4.69, 9.17) is 14.9 Å². The number of primary amides is 1. The summed E-state index contributed by atoms with van der Waals surface area (Å²) in [5.74, 6) is 0.686. The molecule has 1 amide bonds. The van der Waals surface area contributed by atoms with Crippen LogP contribution in [-0.4, -0.2) is 15.9 Å². The minimum atomic E-state index is -0.499. The fraction of sp³-hybridized carbons (Fsp3) is 0.158. The first-order chi connectivity index (χ1) is 12.5. The summed E-state index contributed by atoms with van der Waals surface area (Å²) in [7, 11) is 0. The average Bonchev–Trinajstić information content (AvgIpc) is 3.33. The van der Waals surface area contributed by atoms with Crippen molar-refractivity contribution < 1.29 is 13.9 Å². The van der Waals surface area contributed by atoms with Crippen molar-refractivity contribution in [1.82, 2.24) is 9.97 Å². The van der Waals surface area contributed by atoms with Gasteiger partial charge in [0.2, 0.25) is 0 Å². The van der Waals surface area contributed by atoms with E-state index < -0.39 is 5.91 Å². The van der Waals surface area contributed by atoms with Crippen molar-refractivity contribution >= 4 is 28.2 Å². The number of benzene rings is 1. The molecule has 0 fully saturated rings.